The number of rotatable bonds is 7. The maximum atomic E-state index is 12.9. The fraction of sp³-hybridized carbons (Fsp3) is 0.613. The first kappa shape index (κ1) is 28.2. The molecule has 2 aromatic rings. The van der Waals surface area contributed by atoms with Crippen LogP contribution in [-0.2, 0) is 0 Å². The van der Waals surface area contributed by atoms with Crippen molar-refractivity contribution in [1.29, 1.82) is 5.26 Å². The Bertz CT molecular complexity index is 1240. The normalized spacial score (nSPS) is 28.7. The molecule has 2 N–H and O–H groups in total. The monoisotopic (exact) mass is 578 g/mol. The molecule has 3 atom stereocenters. The largest absolute Gasteiger partial charge is 0.490 e. The Labute approximate surface area is 246 Å². The second-order valence-corrected chi connectivity index (χ2v) is 12.7. The zero-order valence-corrected chi connectivity index (χ0v) is 24.2. The van der Waals surface area contributed by atoms with Gasteiger partial charge < -0.3 is 25.0 Å². The molecule has 9 nitrogen and oxygen atoms in total. The van der Waals surface area contributed by atoms with Gasteiger partial charge in [0.2, 0.25) is 0 Å². The highest BCUT2D eigenvalue weighted by Gasteiger charge is 2.42. The van der Waals surface area contributed by atoms with Crippen LogP contribution >= 0.6 is 11.6 Å². The number of nitriles is 1. The van der Waals surface area contributed by atoms with Gasteiger partial charge in [-0.3, -0.25) is 4.79 Å². The lowest BCUT2D eigenvalue weighted by Gasteiger charge is -2.42. The molecule has 0 spiro atoms. The summed E-state index contributed by atoms with van der Waals surface area (Å²) in [6.07, 6.45) is 9.74. The molecule has 1 aromatic heterocycles. The maximum absolute atomic E-state index is 12.9. The van der Waals surface area contributed by atoms with Gasteiger partial charge in [0.15, 0.2) is 11.5 Å². The number of halogens is 1. The number of hydrogen-bond donors (Lipinski definition) is 2. The first-order chi connectivity index (χ1) is 19.9. The van der Waals surface area contributed by atoms with E-state index in [-0.39, 0.29) is 24.2 Å². The molecular weight excluding hydrogens is 540 g/mol. The average molecular weight is 579 g/mol. The second kappa shape index (κ2) is 12.5. The molecule has 1 aromatic carbocycles. The van der Waals surface area contributed by atoms with Gasteiger partial charge in [-0.05, 0) is 94.4 Å². The minimum absolute atomic E-state index is 0.0542. The summed E-state index contributed by atoms with van der Waals surface area (Å²) < 4.78 is 6.07. The Kier molecular flexibility index (Phi) is 8.61. The molecule has 4 heterocycles. The van der Waals surface area contributed by atoms with Crippen molar-refractivity contribution in [2.75, 3.05) is 24.5 Å². The number of aliphatic hydroxyl groups excluding tert-OH is 1. The fourth-order valence-electron chi connectivity index (χ4n) is 7.30. The van der Waals surface area contributed by atoms with Crippen LogP contribution in [0.25, 0.3) is 0 Å². The van der Waals surface area contributed by atoms with Crippen molar-refractivity contribution in [2.45, 2.75) is 94.5 Å². The molecule has 10 heteroatoms. The quantitative estimate of drug-likeness (QED) is 0.499. The Morgan fingerprint density at radius 3 is 2.39 bits per heavy atom. The van der Waals surface area contributed by atoms with E-state index in [0.29, 0.717) is 40.0 Å². The lowest BCUT2D eigenvalue weighted by atomic mass is 9.89. The first-order valence-corrected chi connectivity index (χ1v) is 15.5. The first-order valence-electron chi connectivity index (χ1n) is 15.1. The molecule has 3 aliphatic heterocycles. The number of carbonyl (C=O) groups excluding carboxylic acids is 1. The standard InChI is InChI=1S/C31H39ClN6O3/c32-28-17-27(6-1-21(28)18-33)41-26-7-2-22(3-8-26)34-31(40)29-9-10-30(36-35-29)38-23-4-5-24(38)16-20(15-23)19-37-13-11-25(39)12-14-37/h1,6,9-10,17,20,22-26,39H,2-5,7-8,11-16,19H2,(H,34,40)/t20?,22?,23-,24?,26?/m0/s1. The summed E-state index contributed by atoms with van der Waals surface area (Å²) in [6, 6.07) is 12.0. The summed E-state index contributed by atoms with van der Waals surface area (Å²) in [5.41, 5.74) is 0.790. The van der Waals surface area contributed by atoms with Gasteiger partial charge in [-0.2, -0.15) is 5.26 Å². The zero-order chi connectivity index (χ0) is 28.3. The van der Waals surface area contributed by atoms with E-state index in [9.17, 15) is 9.90 Å². The van der Waals surface area contributed by atoms with Gasteiger partial charge in [0.1, 0.15) is 11.8 Å². The van der Waals surface area contributed by atoms with Gasteiger partial charge in [-0.1, -0.05) is 11.6 Å². The molecule has 2 bridgehead atoms. The molecule has 3 saturated heterocycles. The number of fused-ring (bicyclic) bond motifs is 2. The summed E-state index contributed by atoms with van der Waals surface area (Å²) >= 11 is 6.13. The molecule has 1 aliphatic carbocycles. The van der Waals surface area contributed by atoms with Crippen LogP contribution in [0.4, 0.5) is 5.82 Å². The lowest BCUT2D eigenvalue weighted by molar-refractivity contribution is 0.0705. The van der Waals surface area contributed by atoms with Gasteiger partial charge in [-0.25, -0.2) is 0 Å². The van der Waals surface area contributed by atoms with Crippen LogP contribution in [0.3, 0.4) is 0 Å². The Hall–Kier alpha value is -2.93. The summed E-state index contributed by atoms with van der Waals surface area (Å²) in [4.78, 5) is 17.9. The fourth-order valence-corrected chi connectivity index (χ4v) is 7.51. The molecule has 1 amide bonds. The van der Waals surface area contributed by atoms with Crippen LogP contribution in [0.2, 0.25) is 5.02 Å². The van der Waals surface area contributed by atoms with Crippen LogP contribution in [0, 0.1) is 17.2 Å². The third-order valence-electron chi connectivity index (χ3n) is 9.43. The number of aliphatic hydroxyl groups is 1. The number of ether oxygens (including phenoxy) is 1. The van der Waals surface area contributed by atoms with E-state index in [1.807, 2.05) is 12.1 Å². The Morgan fingerprint density at radius 2 is 1.76 bits per heavy atom. The minimum Gasteiger partial charge on any atom is -0.490 e. The van der Waals surface area contributed by atoms with E-state index in [1.165, 1.54) is 25.7 Å². The van der Waals surface area contributed by atoms with Crippen molar-refractivity contribution in [3.8, 4) is 11.8 Å². The lowest BCUT2D eigenvalue weighted by Crippen LogP contribution is -2.47. The molecule has 6 rings (SSSR count). The SMILES string of the molecule is N#Cc1ccc(OC2CCC(NC(=O)c3ccc(N4C5CC[C@H]4CC(CN4CCC(O)CC4)C5)nn3)CC2)cc1Cl. The van der Waals surface area contributed by atoms with E-state index >= 15 is 0 Å². The van der Waals surface area contributed by atoms with Crippen LogP contribution in [0.5, 0.6) is 5.75 Å². The predicted molar refractivity (Wildman–Crippen MR) is 156 cm³/mol. The number of nitrogens with one attached hydrogen (secondary N) is 1. The molecular formula is C31H39ClN6O3. The smallest absolute Gasteiger partial charge is 0.272 e. The van der Waals surface area contributed by atoms with Crippen molar-refractivity contribution in [2.24, 2.45) is 5.92 Å². The number of carbonyl (C=O) groups is 1. The topological polar surface area (TPSA) is 115 Å². The minimum atomic E-state index is -0.180. The van der Waals surface area contributed by atoms with Gasteiger partial charge in [0, 0.05) is 43.8 Å². The second-order valence-electron chi connectivity index (χ2n) is 12.3. The van der Waals surface area contributed by atoms with E-state index in [1.54, 1.807) is 18.2 Å². The summed E-state index contributed by atoms with van der Waals surface area (Å²) in [5.74, 6) is 2.06. The van der Waals surface area contributed by atoms with Gasteiger partial charge in [-0.15, -0.1) is 10.2 Å². The Morgan fingerprint density at radius 1 is 1.02 bits per heavy atom. The van der Waals surface area contributed by atoms with Crippen molar-refractivity contribution in [1.82, 2.24) is 20.4 Å². The summed E-state index contributed by atoms with van der Waals surface area (Å²) in [7, 11) is 0. The number of benzene rings is 1. The highest BCUT2D eigenvalue weighted by Crippen LogP contribution is 2.41. The number of nitrogens with zero attached hydrogens (tertiary/aromatic N) is 5. The molecule has 2 unspecified atom stereocenters. The average Bonchev–Trinajstić information content (AvgIpc) is 3.25. The van der Waals surface area contributed by atoms with Gasteiger partial charge in [0.25, 0.3) is 5.91 Å². The number of likely N-dealkylation sites (tertiary alicyclic amines) is 1. The number of hydrogen-bond acceptors (Lipinski definition) is 8. The van der Waals surface area contributed by atoms with E-state index in [0.717, 1.165) is 64.0 Å². The number of anilines is 1. The van der Waals surface area contributed by atoms with E-state index < -0.39 is 0 Å². The molecule has 41 heavy (non-hydrogen) atoms. The number of piperidine rings is 2. The van der Waals surface area contributed by atoms with Crippen LogP contribution in [0.1, 0.15) is 80.3 Å². The van der Waals surface area contributed by atoms with E-state index in [2.05, 4.69) is 31.4 Å². The highest BCUT2D eigenvalue weighted by molar-refractivity contribution is 6.31. The molecule has 4 fully saturated rings. The third kappa shape index (κ3) is 6.61. The molecule has 0 radical (unpaired) electrons. The van der Waals surface area contributed by atoms with Crippen molar-refractivity contribution >= 4 is 23.3 Å². The van der Waals surface area contributed by atoms with Crippen molar-refractivity contribution in [3.63, 3.8) is 0 Å². The predicted octanol–water partition coefficient (Wildman–Crippen LogP) is 4.33. The zero-order valence-electron chi connectivity index (χ0n) is 23.4. The summed E-state index contributed by atoms with van der Waals surface area (Å²) in [6.45, 7) is 3.15. The van der Waals surface area contributed by atoms with Gasteiger partial charge in [0.05, 0.1) is 22.8 Å². The van der Waals surface area contributed by atoms with Crippen LogP contribution < -0.4 is 15.0 Å². The molecule has 218 valence electrons. The van der Waals surface area contributed by atoms with Crippen LogP contribution in [-0.4, -0.2) is 76.1 Å². The number of aromatic nitrogens is 2. The summed E-state index contributed by atoms with van der Waals surface area (Å²) in [5, 5.41) is 31.2. The number of amides is 1. The highest BCUT2D eigenvalue weighted by atomic mass is 35.5. The molecule has 4 aliphatic rings. The third-order valence-corrected chi connectivity index (χ3v) is 9.74. The van der Waals surface area contributed by atoms with Gasteiger partial charge >= 0.3 is 0 Å². The maximum Gasteiger partial charge on any atom is 0.272 e. The van der Waals surface area contributed by atoms with Crippen LogP contribution in [0.15, 0.2) is 30.3 Å². The van der Waals surface area contributed by atoms with E-state index in [4.69, 9.17) is 21.6 Å². The van der Waals surface area contributed by atoms with Crippen molar-refractivity contribution < 1.29 is 14.6 Å². The van der Waals surface area contributed by atoms with Crippen molar-refractivity contribution in [3.05, 3.63) is 46.6 Å². The molecule has 1 saturated carbocycles. The Balaban J connectivity index is 0.970.